The summed E-state index contributed by atoms with van der Waals surface area (Å²) >= 11 is 0. The van der Waals surface area contributed by atoms with Crippen molar-refractivity contribution >= 4 is 12.3 Å². The average molecular weight is 182 g/mol. The summed E-state index contributed by atoms with van der Waals surface area (Å²) < 4.78 is 12.9. The van der Waals surface area contributed by atoms with E-state index in [9.17, 15) is 14.0 Å². The first-order chi connectivity index (χ1) is 6.06. The van der Waals surface area contributed by atoms with E-state index in [-0.39, 0.29) is 16.7 Å². The van der Waals surface area contributed by atoms with Crippen LogP contribution < -0.4 is 0 Å². The van der Waals surface area contributed by atoms with Gasteiger partial charge in [0.25, 0.3) is 0 Å². The lowest BCUT2D eigenvalue weighted by molar-refractivity contribution is 0.0694. The Bertz CT molecular complexity index is 371. The minimum Gasteiger partial charge on any atom is -0.478 e. The molecule has 0 saturated heterocycles. The first kappa shape index (κ1) is 9.38. The molecule has 0 unspecified atom stereocenters. The summed E-state index contributed by atoms with van der Waals surface area (Å²) in [6.07, 6.45) is 0.325. The van der Waals surface area contributed by atoms with Crippen molar-refractivity contribution in [3.05, 3.63) is 34.6 Å². The lowest BCUT2D eigenvalue weighted by Gasteiger charge is -2.01. The van der Waals surface area contributed by atoms with Crippen molar-refractivity contribution in [1.82, 2.24) is 0 Å². The third-order valence-corrected chi connectivity index (χ3v) is 1.69. The molecule has 0 atom stereocenters. The number of benzene rings is 1. The fraction of sp³-hybridized carbons (Fsp3) is 0.111. The molecule has 0 bridgehead atoms. The van der Waals surface area contributed by atoms with Gasteiger partial charge in [0.15, 0.2) is 6.29 Å². The SMILES string of the molecule is Cc1cc(C(=O)O)c(C=O)cc1F. The number of carbonyl (C=O) groups excluding carboxylic acids is 1. The molecule has 0 saturated carbocycles. The van der Waals surface area contributed by atoms with Crippen molar-refractivity contribution in [3.8, 4) is 0 Å². The van der Waals surface area contributed by atoms with E-state index in [4.69, 9.17) is 5.11 Å². The molecule has 0 radical (unpaired) electrons. The lowest BCUT2D eigenvalue weighted by Crippen LogP contribution is -2.03. The van der Waals surface area contributed by atoms with Gasteiger partial charge in [-0.15, -0.1) is 0 Å². The maximum atomic E-state index is 12.9. The highest BCUT2D eigenvalue weighted by Gasteiger charge is 2.12. The minimum atomic E-state index is -1.23. The van der Waals surface area contributed by atoms with Crippen LogP contribution in [0, 0.1) is 12.7 Å². The first-order valence-corrected chi connectivity index (χ1v) is 3.55. The van der Waals surface area contributed by atoms with E-state index in [1.54, 1.807) is 0 Å². The van der Waals surface area contributed by atoms with E-state index in [2.05, 4.69) is 0 Å². The Morgan fingerprint density at radius 1 is 1.54 bits per heavy atom. The van der Waals surface area contributed by atoms with E-state index in [1.807, 2.05) is 0 Å². The van der Waals surface area contributed by atoms with Gasteiger partial charge >= 0.3 is 5.97 Å². The molecule has 0 heterocycles. The quantitative estimate of drug-likeness (QED) is 0.707. The molecule has 0 aliphatic rings. The summed E-state index contributed by atoms with van der Waals surface area (Å²) in [5, 5.41) is 8.63. The summed E-state index contributed by atoms with van der Waals surface area (Å²) in [4.78, 5) is 20.9. The number of carboxylic acid groups (broad SMARTS) is 1. The van der Waals surface area contributed by atoms with Crippen LogP contribution in [0.15, 0.2) is 12.1 Å². The molecule has 1 aromatic rings. The molecule has 0 fully saturated rings. The van der Waals surface area contributed by atoms with Crippen LogP contribution in [0.4, 0.5) is 4.39 Å². The largest absolute Gasteiger partial charge is 0.478 e. The van der Waals surface area contributed by atoms with Crippen molar-refractivity contribution in [1.29, 1.82) is 0 Å². The van der Waals surface area contributed by atoms with Crippen LogP contribution in [0.2, 0.25) is 0 Å². The fourth-order valence-corrected chi connectivity index (χ4v) is 0.980. The molecule has 1 N–H and O–H groups in total. The molecular formula is C9H7FO3. The van der Waals surface area contributed by atoms with Gasteiger partial charge in [0.2, 0.25) is 0 Å². The zero-order valence-corrected chi connectivity index (χ0v) is 6.87. The Labute approximate surface area is 73.8 Å². The third-order valence-electron chi connectivity index (χ3n) is 1.69. The van der Waals surface area contributed by atoms with E-state index < -0.39 is 11.8 Å². The molecule has 0 aliphatic carbocycles. The molecule has 3 nitrogen and oxygen atoms in total. The summed E-state index contributed by atoms with van der Waals surface area (Å²) in [5.74, 6) is -1.81. The fourth-order valence-electron chi connectivity index (χ4n) is 0.980. The molecule has 13 heavy (non-hydrogen) atoms. The zero-order chi connectivity index (χ0) is 10.0. The molecule has 1 rings (SSSR count). The van der Waals surface area contributed by atoms with Gasteiger partial charge in [-0.1, -0.05) is 0 Å². The average Bonchev–Trinajstić information content (AvgIpc) is 2.08. The second-order valence-corrected chi connectivity index (χ2v) is 2.61. The summed E-state index contributed by atoms with van der Waals surface area (Å²) in [6, 6.07) is 2.06. The topological polar surface area (TPSA) is 54.4 Å². The predicted octanol–water partition coefficient (Wildman–Crippen LogP) is 1.64. The van der Waals surface area contributed by atoms with Crippen molar-refractivity contribution < 1.29 is 19.1 Å². The van der Waals surface area contributed by atoms with Crippen LogP contribution in [0.3, 0.4) is 0 Å². The molecule has 0 aliphatic heterocycles. The van der Waals surface area contributed by atoms with Gasteiger partial charge in [-0.05, 0) is 24.6 Å². The Morgan fingerprint density at radius 3 is 2.62 bits per heavy atom. The van der Waals surface area contributed by atoms with Crippen molar-refractivity contribution in [2.45, 2.75) is 6.92 Å². The lowest BCUT2D eigenvalue weighted by atomic mass is 10.1. The molecule has 0 spiro atoms. The van der Waals surface area contributed by atoms with Gasteiger partial charge in [-0.2, -0.15) is 0 Å². The highest BCUT2D eigenvalue weighted by atomic mass is 19.1. The molecular weight excluding hydrogens is 175 g/mol. The Morgan fingerprint density at radius 2 is 2.15 bits per heavy atom. The zero-order valence-electron chi connectivity index (χ0n) is 6.87. The Kier molecular flexibility index (Phi) is 2.41. The molecule has 0 amide bonds. The van der Waals surface area contributed by atoms with Gasteiger partial charge in [-0.3, -0.25) is 4.79 Å². The van der Waals surface area contributed by atoms with E-state index in [0.29, 0.717) is 6.29 Å². The molecule has 0 aromatic heterocycles. The minimum absolute atomic E-state index is 0.143. The first-order valence-electron chi connectivity index (χ1n) is 3.55. The van der Waals surface area contributed by atoms with Gasteiger partial charge in [0.05, 0.1) is 5.56 Å². The van der Waals surface area contributed by atoms with Crippen molar-refractivity contribution in [3.63, 3.8) is 0 Å². The molecule has 4 heteroatoms. The maximum absolute atomic E-state index is 12.9. The van der Waals surface area contributed by atoms with Crippen molar-refractivity contribution in [2.24, 2.45) is 0 Å². The van der Waals surface area contributed by atoms with Gasteiger partial charge in [0, 0.05) is 5.56 Å². The highest BCUT2D eigenvalue weighted by molar-refractivity contribution is 5.97. The number of aldehydes is 1. The summed E-state index contributed by atoms with van der Waals surface area (Å²) in [6.45, 7) is 1.44. The summed E-state index contributed by atoms with van der Waals surface area (Å²) in [7, 11) is 0. The van der Waals surface area contributed by atoms with Gasteiger partial charge in [-0.25, -0.2) is 9.18 Å². The van der Waals surface area contributed by atoms with Crippen LogP contribution in [-0.2, 0) is 0 Å². The molecule has 68 valence electrons. The van der Waals surface area contributed by atoms with Crippen LogP contribution >= 0.6 is 0 Å². The maximum Gasteiger partial charge on any atom is 0.336 e. The van der Waals surface area contributed by atoms with Crippen LogP contribution in [-0.4, -0.2) is 17.4 Å². The number of halogens is 1. The van der Waals surface area contributed by atoms with Crippen molar-refractivity contribution in [2.75, 3.05) is 0 Å². The number of rotatable bonds is 2. The van der Waals surface area contributed by atoms with Crippen LogP contribution in [0.1, 0.15) is 26.3 Å². The third kappa shape index (κ3) is 1.72. The Balaban J connectivity index is 3.41. The number of hydrogen-bond donors (Lipinski definition) is 1. The number of aromatic carboxylic acids is 1. The molecule has 1 aromatic carbocycles. The summed E-state index contributed by atoms with van der Waals surface area (Å²) in [5.41, 5.74) is -0.104. The van der Waals surface area contributed by atoms with E-state index in [1.165, 1.54) is 6.92 Å². The smallest absolute Gasteiger partial charge is 0.336 e. The predicted molar refractivity (Wildman–Crippen MR) is 43.5 cm³/mol. The van der Waals surface area contributed by atoms with Gasteiger partial charge < -0.3 is 5.11 Å². The van der Waals surface area contributed by atoms with E-state index >= 15 is 0 Å². The standard InChI is InChI=1S/C9H7FO3/c1-5-2-7(9(12)13)6(4-11)3-8(5)10/h2-4H,1H3,(H,12,13). The number of aryl methyl sites for hydroxylation is 1. The number of hydrogen-bond acceptors (Lipinski definition) is 2. The Hall–Kier alpha value is -1.71. The highest BCUT2D eigenvalue weighted by Crippen LogP contribution is 2.13. The van der Waals surface area contributed by atoms with Gasteiger partial charge in [0.1, 0.15) is 5.82 Å². The number of carbonyl (C=O) groups is 2. The monoisotopic (exact) mass is 182 g/mol. The van der Waals surface area contributed by atoms with E-state index in [0.717, 1.165) is 12.1 Å². The van der Waals surface area contributed by atoms with Crippen LogP contribution in [0.25, 0.3) is 0 Å². The second-order valence-electron chi connectivity index (χ2n) is 2.61. The van der Waals surface area contributed by atoms with Crippen LogP contribution in [0.5, 0.6) is 0 Å². The second kappa shape index (κ2) is 3.35. The normalized spacial score (nSPS) is 9.69. The number of carboxylic acids is 1.